The highest BCUT2D eigenvalue weighted by molar-refractivity contribution is 7.99. The lowest BCUT2D eigenvalue weighted by atomic mass is 10.1. The minimum atomic E-state index is -0.431. The Balaban J connectivity index is 2.00. The maximum absolute atomic E-state index is 13.2. The van der Waals surface area contributed by atoms with E-state index in [-0.39, 0.29) is 5.02 Å². The normalized spacial score (nSPS) is 20.0. The third kappa shape index (κ3) is 2.74. The highest BCUT2D eigenvalue weighted by atomic mass is 35.5. The van der Waals surface area contributed by atoms with Gasteiger partial charge in [0.05, 0.1) is 16.4 Å². The van der Waals surface area contributed by atoms with Crippen molar-refractivity contribution in [3.63, 3.8) is 0 Å². The summed E-state index contributed by atoms with van der Waals surface area (Å²) < 4.78 is 13.2. The molecular formula is C11H14ClFN2S. The van der Waals surface area contributed by atoms with Crippen LogP contribution in [-0.2, 0) is 0 Å². The molecule has 1 aliphatic heterocycles. The molecule has 0 bridgehead atoms. The molecule has 5 heteroatoms. The molecule has 0 amide bonds. The Kier molecular flexibility index (Phi) is 3.82. The summed E-state index contributed by atoms with van der Waals surface area (Å²) in [6.07, 6.45) is 1.22. The molecule has 0 spiro atoms. The van der Waals surface area contributed by atoms with Gasteiger partial charge in [0.15, 0.2) is 0 Å². The quantitative estimate of drug-likeness (QED) is 0.820. The van der Waals surface area contributed by atoms with Gasteiger partial charge in [0.1, 0.15) is 5.82 Å². The van der Waals surface area contributed by atoms with Crippen LogP contribution in [0.4, 0.5) is 15.8 Å². The van der Waals surface area contributed by atoms with Crippen LogP contribution in [-0.4, -0.2) is 18.1 Å². The zero-order chi connectivity index (χ0) is 11.5. The zero-order valence-electron chi connectivity index (χ0n) is 8.80. The fraction of sp³-hybridized carbons (Fsp3) is 0.455. The Labute approximate surface area is 104 Å². The maximum atomic E-state index is 13.2. The molecular weight excluding hydrogens is 247 g/mol. The second-order valence-electron chi connectivity index (χ2n) is 3.96. The first-order valence-corrected chi connectivity index (χ1v) is 6.76. The van der Waals surface area contributed by atoms with Crippen LogP contribution >= 0.6 is 23.4 Å². The molecule has 0 aliphatic carbocycles. The van der Waals surface area contributed by atoms with Gasteiger partial charge < -0.3 is 11.1 Å². The van der Waals surface area contributed by atoms with Gasteiger partial charge in [-0.15, -0.1) is 0 Å². The number of benzene rings is 1. The summed E-state index contributed by atoms with van der Waals surface area (Å²) in [7, 11) is 0. The van der Waals surface area contributed by atoms with E-state index in [9.17, 15) is 4.39 Å². The molecule has 88 valence electrons. The molecule has 1 aliphatic rings. The van der Waals surface area contributed by atoms with Crippen LogP contribution in [0.15, 0.2) is 12.1 Å². The van der Waals surface area contributed by atoms with Crippen LogP contribution in [0.2, 0.25) is 5.02 Å². The summed E-state index contributed by atoms with van der Waals surface area (Å²) in [4.78, 5) is 0. The average Bonchev–Trinajstić information content (AvgIpc) is 2.74. The summed E-state index contributed by atoms with van der Waals surface area (Å²) in [5.74, 6) is 2.61. The lowest BCUT2D eigenvalue weighted by Gasteiger charge is -2.13. The van der Waals surface area contributed by atoms with Crippen LogP contribution < -0.4 is 11.1 Å². The average molecular weight is 261 g/mol. The smallest absolute Gasteiger partial charge is 0.143 e. The molecule has 1 saturated heterocycles. The molecule has 1 unspecified atom stereocenters. The van der Waals surface area contributed by atoms with E-state index in [1.54, 1.807) is 0 Å². The van der Waals surface area contributed by atoms with Gasteiger partial charge in [-0.05, 0) is 29.9 Å². The van der Waals surface area contributed by atoms with Gasteiger partial charge >= 0.3 is 0 Å². The molecule has 1 atom stereocenters. The lowest BCUT2D eigenvalue weighted by Crippen LogP contribution is -2.14. The minimum Gasteiger partial charge on any atom is -0.397 e. The Hall–Kier alpha value is -0.610. The Bertz CT molecular complexity index is 380. The third-order valence-electron chi connectivity index (χ3n) is 2.70. The molecule has 2 rings (SSSR count). The van der Waals surface area contributed by atoms with Crippen molar-refractivity contribution < 1.29 is 4.39 Å². The molecule has 1 aromatic rings. The van der Waals surface area contributed by atoms with Crippen molar-refractivity contribution in [3.05, 3.63) is 23.0 Å². The minimum absolute atomic E-state index is 0.0690. The van der Waals surface area contributed by atoms with E-state index in [2.05, 4.69) is 5.32 Å². The summed E-state index contributed by atoms with van der Waals surface area (Å²) >= 11 is 7.59. The van der Waals surface area contributed by atoms with E-state index in [4.69, 9.17) is 17.3 Å². The van der Waals surface area contributed by atoms with Gasteiger partial charge in [-0.2, -0.15) is 11.8 Å². The van der Waals surface area contributed by atoms with Crippen LogP contribution in [0, 0.1) is 11.7 Å². The summed E-state index contributed by atoms with van der Waals surface area (Å²) in [5, 5.41) is 3.25. The van der Waals surface area contributed by atoms with Crippen LogP contribution in [0.25, 0.3) is 0 Å². The molecule has 0 saturated carbocycles. The highest BCUT2D eigenvalue weighted by Gasteiger charge is 2.15. The van der Waals surface area contributed by atoms with E-state index in [0.717, 1.165) is 6.54 Å². The van der Waals surface area contributed by atoms with Crippen LogP contribution in [0.1, 0.15) is 6.42 Å². The summed E-state index contributed by atoms with van der Waals surface area (Å²) in [5.41, 5.74) is 6.89. The molecule has 3 N–H and O–H groups in total. The lowest BCUT2D eigenvalue weighted by molar-refractivity contribution is 0.623. The fourth-order valence-electron chi connectivity index (χ4n) is 1.71. The number of rotatable bonds is 3. The van der Waals surface area contributed by atoms with Crippen molar-refractivity contribution in [1.82, 2.24) is 0 Å². The standard InChI is InChI=1S/C11H14ClFN2S/c12-8-3-10(14)11(4-9(8)13)15-5-7-1-2-16-6-7/h3-4,7,15H,1-2,5-6,14H2. The van der Waals surface area contributed by atoms with Gasteiger partial charge in [0.2, 0.25) is 0 Å². The van der Waals surface area contributed by atoms with Crippen molar-refractivity contribution in [2.75, 3.05) is 29.1 Å². The molecule has 16 heavy (non-hydrogen) atoms. The monoisotopic (exact) mass is 260 g/mol. The Morgan fingerprint density at radius 1 is 1.56 bits per heavy atom. The maximum Gasteiger partial charge on any atom is 0.143 e. The number of nitrogen functional groups attached to an aromatic ring is 1. The van der Waals surface area contributed by atoms with Crippen molar-refractivity contribution in [2.45, 2.75) is 6.42 Å². The molecule has 1 aromatic carbocycles. The number of hydrogen-bond acceptors (Lipinski definition) is 3. The van der Waals surface area contributed by atoms with Crippen molar-refractivity contribution in [2.24, 2.45) is 5.92 Å². The highest BCUT2D eigenvalue weighted by Crippen LogP contribution is 2.28. The number of halogens is 2. The second-order valence-corrected chi connectivity index (χ2v) is 5.52. The SMILES string of the molecule is Nc1cc(Cl)c(F)cc1NCC1CCSC1. The summed E-state index contributed by atoms with van der Waals surface area (Å²) in [6, 6.07) is 2.81. The number of nitrogens with one attached hydrogen (secondary N) is 1. The third-order valence-corrected chi connectivity index (χ3v) is 4.22. The first-order valence-electron chi connectivity index (χ1n) is 5.23. The van der Waals surface area contributed by atoms with Crippen molar-refractivity contribution >= 4 is 34.7 Å². The van der Waals surface area contributed by atoms with Crippen LogP contribution in [0.5, 0.6) is 0 Å². The van der Waals surface area contributed by atoms with Crippen molar-refractivity contribution in [3.8, 4) is 0 Å². The van der Waals surface area contributed by atoms with E-state index >= 15 is 0 Å². The number of hydrogen-bond donors (Lipinski definition) is 2. The van der Waals surface area contributed by atoms with E-state index in [0.29, 0.717) is 17.3 Å². The molecule has 0 aromatic heterocycles. The summed E-state index contributed by atoms with van der Waals surface area (Å²) in [6.45, 7) is 0.846. The van der Waals surface area contributed by atoms with Gasteiger partial charge in [-0.3, -0.25) is 0 Å². The molecule has 0 radical (unpaired) electrons. The number of anilines is 2. The van der Waals surface area contributed by atoms with E-state index in [1.165, 1.54) is 30.1 Å². The zero-order valence-corrected chi connectivity index (χ0v) is 10.4. The van der Waals surface area contributed by atoms with E-state index < -0.39 is 5.82 Å². The predicted octanol–water partition coefficient (Wildman–Crippen LogP) is 3.23. The number of thioether (sulfide) groups is 1. The predicted molar refractivity (Wildman–Crippen MR) is 69.7 cm³/mol. The topological polar surface area (TPSA) is 38.0 Å². The largest absolute Gasteiger partial charge is 0.397 e. The van der Waals surface area contributed by atoms with Gasteiger partial charge in [0, 0.05) is 12.6 Å². The Morgan fingerprint density at radius 3 is 3.06 bits per heavy atom. The van der Waals surface area contributed by atoms with Crippen molar-refractivity contribution in [1.29, 1.82) is 0 Å². The van der Waals surface area contributed by atoms with Gasteiger partial charge in [-0.1, -0.05) is 11.6 Å². The van der Waals surface area contributed by atoms with E-state index in [1.807, 2.05) is 11.8 Å². The second kappa shape index (κ2) is 5.15. The molecule has 1 fully saturated rings. The number of nitrogens with two attached hydrogens (primary N) is 1. The van der Waals surface area contributed by atoms with Gasteiger partial charge in [-0.25, -0.2) is 4.39 Å². The Morgan fingerprint density at radius 2 is 2.38 bits per heavy atom. The van der Waals surface area contributed by atoms with Gasteiger partial charge in [0.25, 0.3) is 0 Å². The fourth-order valence-corrected chi connectivity index (χ4v) is 3.17. The first-order chi connectivity index (χ1) is 7.66. The molecule has 2 nitrogen and oxygen atoms in total. The first kappa shape index (κ1) is 11.9. The van der Waals surface area contributed by atoms with Crippen LogP contribution in [0.3, 0.4) is 0 Å². The molecule has 1 heterocycles.